The van der Waals surface area contributed by atoms with E-state index in [0.29, 0.717) is 32.1 Å². The third kappa shape index (κ3) is 7.80. The van der Waals surface area contributed by atoms with E-state index in [9.17, 15) is 4.79 Å². The van der Waals surface area contributed by atoms with Crippen molar-refractivity contribution in [2.75, 3.05) is 26.9 Å². The number of carbonyl (C=O) groups excluding carboxylic acids is 1. The topological polar surface area (TPSA) is 71.3 Å². The molecule has 24 heavy (non-hydrogen) atoms. The molecular weight excluding hydrogens is 304 g/mol. The van der Waals surface area contributed by atoms with Crippen LogP contribution in [-0.2, 0) is 9.53 Å². The largest absolute Gasteiger partial charge is 0.494 e. The highest BCUT2D eigenvalue weighted by Gasteiger charge is 2.08. The molecule has 0 atom stereocenters. The first-order valence-electron chi connectivity index (χ1n) is 8.18. The quantitative estimate of drug-likeness (QED) is 0.406. The van der Waals surface area contributed by atoms with Crippen LogP contribution in [0.2, 0.25) is 0 Å². The number of ether oxygens (including phenoxy) is 2. The third-order valence-corrected chi connectivity index (χ3v) is 3.33. The molecule has 1 rings (SSSR count). The highest BCUT2D eigenvalue weighted by Crippen LogP contribution is 2.15. The SMILES string of the molecule is COCCCNC(=O)/C(C#N)=C\c1ccc(OCCC(C)C)cc1. The van der Waals surface area contributed by atoms with Gasteiger partial charge >= 0.3 is 0 Å². The maximum absolute atomic E-state index is 11.9. The number of carbonyl (C=O) groups is 1. The van der Waals surface area contributed by atoms with Crippen LogP contribution < -0.4 is 10.1 Å². The van der Waals surface area contributed by atoms with Crippen LogP contribution >= 0.6 is 0 Å². The Hall–Kier alpha value is -2.32. The number of amides is 1. The Morgan fingerprint density at radius 2 is 2.00 bits per heavy atom. The molecule has 1 amide bonds. The molecule has 5 nitrogen and oxygen atoms in total. The molecule has 0 aromatic heterocycles. The number of nitrogens with zero attached hydrogens (tertiary/aromatic N) is 1. The summed E-state index contributed by atoms with van der Waals surface area (Å²) in [6.45, 7) is 6.04. The van der Waals surface area contributed by atoms with E-state index < -0.39 is 0 Å². The van der Waals surface area contributed by atoms with E-state index in [2.05, 4.69) is 19.2 Å². The van der Waals surface area contributed by atoms with Gasteiger partial charge in [0.15, 0.2) is 0 Å². The fourth-order valence-corrected chi connectivity index (χ4v) is 1.90. The van der Waals surface area contributed by atoms with E-state index in [0.717, 1.165) is 17.7 Å². The van der Waals surface area contributed by atoms with Crippen LogP contribution in [0.4, 0.5) is 0 Å². The fourth-order valence-electron chi connectivity index (χ4n) is 1.90. The summed E-state index contributed by atoms with van der Waals surface area (Å²) in [7, 11) is 1.61. The minimum atomic E-state index is -0.370. The Bertz CT molecular complexity index is 571. The van der Waals surface area contributed by atoms with Crippen molar-refractivity contribution < 1.29 is 14.3 Å². The molecule has 130 valence electrons. The van der Waals surface area contributed by atoms with Crippen LogP contribution in [0.15, 0.2) is 29.8 Å². The molecule has 0 aliphatic carbocycles. The normalized spacial score (nSPS) is 11.2. The number of nitrogens with one attached hydrogen (secondary N) is 1. The Morgan fingerprint density at radius 1 is 1.29 bits per heavy atom. The zero-order valence-corrected chi connectivity index (χ0v) is 14.7. The summed E-state index contributed by atoms with van der Waals surface area (Å²) in [5, 5.41) is 11.9. The van der Waals surface area contributed by atoms with Gasteiger partial charge in [-0.1, -0.05) is 26.0 Å². The maximum atomic E-state index is 11.9. The minimum absolute atomic E-state index is 0.0842. The van der Waals surface area contributed by atoms with Crippen molar-refractivity contribution in [3.05, 3.63) is 35.4 Å². The predicted molar refractivity (Wildman–Crippen MR) is 94.5 cm³/mol. The predicted octanol–water partition coefficient (Wildman–Crippen LogP) is 3.17. The fraction of sp³-hybridized carbons (Fsp3) is 0.474. The van der Waals surface area contributed by atoms with Crippen LogP contribution in [0.3, 0.4) is 0 Å². The molecule has 5 heteroatoms. The lowest BCUT2D eigenvalue weighted by Crippen LogP contribution is -2.26. The monoisotopic (exact) mass is 330 g/mol. The first-order chi connectivity index (χ1) is 11.6. The van der Waals surface area contributed by atoms with E-state index in [-0.39, 0.29) is 11.5 Å². The average Bonchev–Trinajstić information content (AvgIpc) is 2.57. The summed E-state index contributed by atoms with van der Waals surface area (Å²) in [5.41, 5.74) is 0.871. The lowest BCUT2D eigenvalue weighted by atomic mass is 10.1. The second-order valence-corrected chi connectivity index (χ2v) is 5.87. The van der Waals surface area contributed by atoms with Gasteiger partial charge in [0.25, 0.3) is 5.91 Å². The lowest BCUT2D eigenvalue weighted by Gasteiger charge is -2.08. The van der Waals surface area contributed by atoms with Crippen molar-refractivity contribution in [1.82, 2.24) is 5.32 Å². The van der Waals surface area contributed by atoms with Gasteiger partial charge < -0.3 is 14.8 Å². The zero-order valence-electron chi connectivity index (χ0n) is 14.7. The average molecular weight is 330 g/mol. The van der Waals surface area contributed by atoms with Crippen molar-refractivity contribution in [1.29, 1.82) is 5.26 Å². The highest BCUT2D eigenvalue weighted by atomic mass is 16.5. The van der Waals surface area contributed by atoms with Crippen LogP contribution in [0.25, 0.3) is 6.08 Å². The van der Waals surface area contributed by atoms with Gasteiger partial charge in [0.2, 0.25) is 0 Å². The Balaban J connectivity index is 2.58. The molecule has 0 saturated carbocycles. The summed E-state index contributed by atoms with van der Waals surface area (Å²) in [5.74, 6) is 1.02. The summed E-state index contributed by atoms with van der Waals surface area (Å²) in [4.78, 5) is 11.9. The Morgan fingerprint density at radius 3 is 2.58 bits per heavy atom. The van der Waals surface area contributed by atoms with E-state index in [4.69, 9.17) is 14.7 Å². The second-order valence-electron chi connectivity index (χ2n) is 5.87. The summed E-state index contributed by atoms with van der Waals surface area (Å²) < 4.78 is 10.6. The smallest absolute Gasteiger partial charge is 0.261 e. The summed E-state index contributed by atoms with van der Waals surface area (Å²) in [6, 6.07) is 9.30. The lowest BCUT2D eigenvalue weighted by molar-refractivity contribution is -0.117. The number of benzene rings is 1. The van der Waals surface area contributed by atoms with Gasteiger partial charge in [0.05, 0.1) is 6.61 Å². The van der Waals surface area contributed by atoms with Gasteiger partial charge in [-0.05, 0) is 42.5 Å². The van der Waals surface area contributed by atoms with Gasteiger partial charge in [-0.3, -0.25) is 4.79 Å². The molecule has 0 aliphatic rings. The van der Waals surface area contributed by atoms with Crippen molar-refractivity contribution in [3.63, 3.8) is 0 Å². The molecule has 1 N–H and O–H groups in total. The maximum Gasteiger partial charge on any atom is 0.261 e. The van der Waals surface area contributed by atoms with Crippen molar-refractivity contribution in [2.45, 2.75) is 26.7 Å². The zero-order chi connectivity index (χ0) is 17.8. The Kier molecular flexibility index (Phi) is 9.25. The van der Waals surface area contributed by atoms with E-state index in [1.807, 2.05) is 30.3 Å². The van der Waals surface area contributed by atoms with Gasteiger partial charge in [0, 0.05) is 20.3 Å². The molecule has 1 aromatic carbocycles. The van der Waals surface area contributed by atoms with E-state index >= 15 is 0 Å². The molecule has 0 bridgehead atoms. The Labute approximate surface area is 144 Å². The van der Waals surface area contributed by atoms with Gasteiger partial charge in [0.1, 0.15) is 17.4 Å². The third-order valence-electron chi connectivity index (χ3n) is 3.33. The summed E-state index contributed by atoms with van der Waals surface area (Å²) in [6.07, 6.45) is 3.29. The van der Waals surface area contributed by atoms with Crippen molar-refractivity contribution in [3.8, 4) is 11.8 Å². The number of methoxy groups -OCH3 is 1. The molecular formula is C19H26N2O3. The van der Waals surface area contributed by atoms with E-state index in [1.165, 1.54) is 0 Å². The molecule has 0 saturated heterocycles. The number of hydrogen-bond donors (Lipinski definition) is 1. The van der Waals surface area contributed by atoms with Gasteiger partial charge in [-0.2, -0.15) is 5.26 Å². The van der Waals surface area contributed by atoms with E-state index in [1.54, 1.807) is 13.2 Å². The second kappa shape index (κ2) is 11.3. The van der Waals surface area contributed by atoms with Crippen molar-refractivity contribution >= 4 is 12.0 Å². The van der Waals surface area contributed by atoms with Gasteiger partial charge in [-0.25, -0.2) is 0 Å². The van der Waals surface area contributed by atoms with Crippen LogP contribution in [-0.4, -0.2) is 32.8 Å². The number of hydrogen-bond acceptors (Lipinski definition) is 4. The molecule has 0 fully saturated rings. The van der Waals surface area contributed by atoms with Crippen LogP contribution in [0.1, 0.15) is 32.3 Å². The highest BCUT2D eigenvalue weighted by molar-refractivity contribution is 6.01. The first kappa shape index (κ1) is 19.7. The molecule has 0 unspecified atom stereocenters. The van der Waals surface area contributed by atoms with Crippen LogP contribution in [0, 0.1) is 17.2 Å². The van der Waals surface area contributed by atoms with Crippen molar-refractivity contribution in [2.24, 2.45) is 5.92 Å². The first-order valence-corrected chi connectivity index (χ1v) is 8.18. The number of nitriles is 1. The molecule has 0 heterocycles. The van der Waals surface area contributed by atoms with Crippen LogP contribution in [0.5, 0.6) is 5.75 Å². The molecule has 0 spiro atoms. The standard InChI is InChI=1S/C19H26N2O3/c1-15(2)9-12-24-18-7-5-16(6-8-18)13-17(14-20)19(22)21-10-4-11-23-3/h5-8,13,15H,4,9-12H2,1-3H3,(H,21,22)/b17-13-. The molecule has 0 radical (unpaired) electrons. The molecule has 1 aromatic rings. The minimum Gasteiger partial charge on any atom is -0.494 e. The number of rotatable bonds is 10. The molecule has 0 aliphatic heterocycles. The summed E-state index contributed by atoms with van der Waals surface area (Å²) >= 11 is 0. The van der Waals surface area contributed by atoms with Gasteiger partial charge in [-0.15, -0.1) is 0 Å².